The number of aromatic amines is 1. The fourth-order valence-electron chi connectivity index (χ4n) is 3.73. The summed E-state index contributed by atoms with van der Waals surface area (Å²) in [6.45, 7) is 5.52. The summed E-state index contributed by atoms with van der Waals surface area (Å²) in [7, 11) is -3.69. The molecule has 0 amide bonds. The standard InChI is InChI=1S/C22H25N3O2S/c1-2-14-25-15-18(16-25)17-9-11-19(12-10-17)24-28(26,27)22-8-4-3-6-20(22)21-7-5-13-23-21/h3-13,18,23-24H,2,14-16H2,1H3. The van der Waals surface area contributed by atoms with E-state index in [0.29, 0.717) is 17.2 Å². The Kier molecular flexibility index (Phi) is 5.24. The predicted octanol–water partition coefficient (Wildman–Crippen LogP) is 4.29. The average Bonchev–Trinajstić information content (AvgIpc) is 3.20. The van der Waals surface area contributed by atoms with Crippen molar-refractivity contribution in [3.63, 3.8) is 0 Å². The van der Waals surface area contributed by atoms with E-state index in [4.69, 9.17) is 0 Å². The van der Waals surface area contributed by atoms with Crippen molar-refractivity contribution in [1.82, 2.24) is 9.88 Å². The molecular weight excluding hydrogens is 370 g/mol. The van der Waals surface area contributed by atoms with Gasteiger partial charge in [-0.2, -0.15) is 0 Å². The predicted molar refractivity (Wildman–Crippen MR) is 113 cm³/mol. The van der Waals surface area contributed by atoms with Crippen molar-refractivity contribution in [2.75, 3.05) is 24.4 Å². The van der Waals surface area contributed by atoms with Crippen LogP contribution in [-0.4, -0.2) is 37.9 Å². The first-order valence-corrected chi connectivity index (χ1v) is 11.1. The number of sulfonamides is 1. The first-order chi connectivity index (χ1) is 13.6. The normalized spacial score (nSPS) is 15.3. The van der Waals surface area contributed by atoms with Crippen LogP contribution >= 0.6 is 0 Å². The largest absolute Gasteiger partial charge is 0.361 e. The molecule has 6 heteroatoms. The Morgan fingerprint density at radius 3 is 2.46 bits per heavy atom. The molecule has 5 nitrogen and oxygen atoms in total. The summed E-state index contributed by atoms with van der Waals surface area (Å²) in [5, 5.41) is 0. The molecule has 2 aromatic carbocycles. The lowest BCUT2D eigenvalue weighted by atomic mass is 9.91. The molecule has 2 N–H and O–H groups in total. The monoisotopic (exact) mass is 395 g/mol. The maximum Gasteiger partial charge on any atom is 0.262 e. The summed E-state index contributed by atoms with van der Waals surface area (Å²) < 4.78 is 28.7. The van der Waals surface area contributed by atoms with Crippen LogP contribution in [0.25, 0.3) is 11.3 Å². The Labute approximate surface area is 166 Å². The van der Waals surface area contributed by atoms with Crippen LogP contribution in [0.1, 0.15) is 24.8 Å². The van der Waals surface area contributed by atoms with Crippen LogP contribution in [0, 0.1) is 0 Å². The topological polar surface area (TPSA) is 65.2 Å². The Bertz CT molecular complexity index is 1020. The summed E-state index contributed by atoms with van der Waals surface area (Å²) >= 11 is 0. The number of nitrogens with one attached hydrogen (secondary N) is 2. The molecule has 0 spiro atoms. The maximum absolute atomic E-state index is 13.0. The minimum Gasteiger partial charge on any atom is -0.361 e. The second-order valence-electron chi connectivity index (χ2n) is 7.26. The molecule has 0 bridgehead atoms. The van der Waals surface area contributed by atoms with Crippen LogP contribution in [0.15, 0.2) is 71.8 Å². The lowest BCUT2D eigenvalue weighted by molar-refractivity contribution is 0.149. The summed E-state index contributed by atoms with van der Waals surface area (Å²) in [6.07, 6.45) is 2.96. The van der Waals surface area contributed by atoms with Gasteiger partial charge in [-0.25, -0.2) is 8.42 Å². The highest BCUT2D eigenvalue weighted by Gasteiger charge is 2.27. The van der Waals surface area contributed by atoms with Gasteiger partial charge in [-0.05, 0) is 48.9 Å². The summed E-state index contributed by atoms with van der Waals surface area (Å²) in [5.74, 6) is 0.547. The SMILES string of the molecule is CCCN1CC(c2ccc(NS(=O)(=O)c3ccccc3-c3ccc[nH]3)cc2)C1. The molecule has 28 heavy (non-hydrogen) atoms. The molecular formula is C22H25N3O2S. The number of hydrogen-bond acceptors (Lipinski definition) is 3. The minimum absolute atomic E-state index is 0.260. The van der Waals surface area contributed by atoms with Crippen molar-refractivity contribution in [1.29, 1.82) is 0 Å². The van der Waals surface area contributed by atoms with Crippen molar-refractivity contribution in [3.05, 3.63) is 72.4 Å². The highest BCUT2D eigenvalue weighted by molar-refractivity contribution is 7.92. The van der Waals surface area contributed by atoms with E-state index in [1.54, 1.807) is 18.3 Å². The molecule has 1 fully saturated rings. The van der Waals surface area contributed by atoms with Gasteiger partial charge >= 0.3 is 0 Å². The highest BCUT2D eigenvalue weighted by atomic mass is 32.2. The van der Waals surface area contributed by atoms with E-state index < -0.39 is 10.0 Å². The molecule has 1 aromatic heterocycles. The zero-order valence-electron chi connectivity index (χ0n) is 15.9. The summed E-state index contributed by atoms with van der Waals surface area (Å²) in [6, 6.07) is 18.5. The molecule has 1 aliphatic heterocycles. The van der Waals surface area contributed by atoms with Crippen molar-refractivity contribution in [2.45, 2.75) is 24.2 Å². The van der Waals surface area contributed by atoms with Crippen LogP contribution in [0.2, 0.25) is 0 Å². The number of nitrogens with zero attached hydrogens (tertiary/aromatic N) is 1. The van der Waals surface area contributed by atoms with E-state index in [9.17, 15) is 8.42 Å². The number of hydrogen-bond donors (Lipinski definition) is 2. The van der Waals surface area contributed by atoms with Gasteiger partial charge in [0.05, 0.1) is 4.90 Å². The van der Waals surface area contributed by atoms with Gasteiger partial charge < -0.3 is 9.88 Å². The number of anilines is 1. The summed E-state index contributed by atoms with van der Waals surface area (Å²) in [4.78, 5) is 5.78. The van der Waals surface area contributed by atoms with Gasteiger partial charge in [0.2, 0.25) is 0 Å². The first-order valence-electron chi connectivity index (χ1n) is 9.65. The first kappa shape index (κ1) is 18.8. The van der Waals surface area contributed by atoms with Gasteiger partial charge in [0.15, 0.2) is 0 Å². The van der Waals surface area contributed by atoms with E-state index in [1.165, 1.54) is 12.0 Å². The van der Waals surface area contributed by atoms with Gasteiger partial charge in [-0.3, -0.25) is 4.72 Å². The fourth-order valence-corrected chi connectivity index (χ4v) is 5.02. The quantitative estimate of drug-likeness (QED) is 0.627. The minimum atomic E-state index is -3.69. The van der Waals surface area contributed by atoms with Crippen molar-refractivity contribution < 1.29 is 8.42 Å². The molecule has 0 atom stereocenters. The number of rotatable bonds is 7. The molecule has 1 aliphatic rings. The number of likely N-dealkylation sites (tertiary alicyclic amines) is 1. The molecule has 0 saturated carbocycles. The second-order valence-corrected chi connectivity index (χ2v) is 8.91. The Morgan fingerprint density at radius 1 is 1.04 bits per heavy atom. The molecule has 0 radical (unpaired) electrons. The third kappa shape index (κ3) is 3.84. The molecule has 146 valence electrons. The van der Waals surface area contributed by atoms with Gasteiger partial charge in [0, 0.05) is 42.1 Å². The molecule has 2 heterocycles. The second kappa shape index (κ2) is 7.81. The zero-order valence-corrected chi connectivity index (χ0v) is 16.7. The maximum atomic E-state index is 13.0. The average molecular weight is 396 g/mol. The highest BCUT2D eigenvalue weighted by Crippen LogP contribution is 2.30. The zero-order chi connectivity index (χ0) is 19.6. The molecule has 0 unspecified atom stereocenters. The van der Waals surface area contributed by atoms with Crippen molar-refractivity contribution in [2.24, 2.45) is 0 Å². The lowest BCUT2D eigenvalue weighted by Gasteiger charge is -2.39. The van der Waals surface area contributed by atoms with Crippen LogP contribution in [0.5, 0.6) is 0 Å². The number of H-pyrrole nitrogens is 1. The number of benzene rings is 2. The smallest absolute Gasteiger partial charge is 0.262 e. The third-order valence-electron chi connectivity index (χ3n) is 5.20. The van der Waals surface area contributed by atoms with E-state index in [-0.39, 0.29) is 4.90 Å². The molecule has 3 aromatic rings. The Hall–Kier alpha value is -2.57. The van der Waals surface area contributed by atoms with Crippen molar-refractivity contribution in [3.8, 4) is 11.3 Å². The summed E-state index contributed by atoms with van der Waals surface area (Å²) in [5.41, 5.74) is 3.27. The van der Waals surface area contributed by atoms with Crippen LogP contribution < -0.4 is 4.72 Å². The molecule has 1 saturated heterocycles. The van der Waals surface area contributed by atoms with Crippen molar-refractivity contribution >= 4 is 15.7 Å². The van der Waals surface area contributed by atoms with E-state index in [0.717, 1.165) is 25.3 Å². The Balaban J connectivity index is 1.50. The number of aromatic nitrogens is 1. The van der Waals surface area contributed by atoms with E-state index in [1.807, 2.05) is 48.5 Å². The van der Waals surface area contributed by atoms with Crippen LogP contribution in [0.4, 0.5) is 5.69 Å². The third-order valence-corrected chi connectivity index (χ3v) is 6.64. The molecule has 4 rings (SSSR count). The Morgan fingerprint density at radius 2 is 1.79 bits per heavy atom. The van der Waals surface area contributed by atoms with Gasteiger partial charge in [0.1, 0.15) is 0 Å². The van der Waals surface area contributed by atoms with Crippen LogP contribution in [-0.2, 0) is 10.0 Å². The van der Waals surface area contributed by atoms with Crippen LogP contribution in [0.3, 0.4) is 0 Å². The lowest BCUT2D eigenvalue weighted by Crippen LogP contribution is -2.45. The van der Waals surface area contributed by atoms with E-state index in [2.05, 4.69) is 21.5 Å². The molecule has 0 aliphatic carbocycles. The van der Waals surface area contributed by atoms with Gasteiger partial charge in [-0.15, -0.1) is 0 Å². The van der Waals surface area contributed by atoms with E-state index >= 15 is 0 Å². The fraction of sp³-hybridized carbons (Fsp3) is 0.273. The van der Waals surface area contributed by atoms with Gasteiger partial charge in [0.25, 0.3) is 10.0 Å². The van der Waals surface area contributed by atoms with Gasteiger partial charge in [-0.1, -0.05) is 37.3 Å².